The second kappa shape index (κ2) is 5.34. The van der Waals surface area contributed by atoms with Crippen LogP contribution in [0.4, 0.5) is 5.88 Å². The van der Waals surface area contributed by atoms with Crippen LogP contribution >= 0.6 is 0 Å². The molecule has 19 heavy (non-hydrogen) atoms. The Morgan fingerprint density at radius 2 is 2.21 bits per heavy atom. The minimum absolute atomic E-state index is 0.754. The minimum Gasteiger partial charge on any atom is -0.496 e. The van der Waals surface area contributed by atoms with Gasteiger partial charge in [0.15, 0.2) is 0 Å². The summed E-state index contributed by atoms with van der Waals surface area (Å²) in [6.45, 7) is 0.969. The first-order valence-corrected chi connectivity index (χ1v) is 6.71. The molecule has 0 amide bonds. The highest BCUT2D eigenvalue weighted by Crippen LogP contribution is 2.28. The number of aromatic nitrogens is 1. The molecule has 100 valence electrons. The topological polar surface area (TPSA) is 47.3 Å². The SMILES string of the molecule is COc1ccccc1Cc1noc2c1CCCCN2. The maximum Gasteiger partial charge on any atom is 0.228 e. The van der Waals surface area contributed by atoms with Gasteiger partial charge in [-0.2, -0.15) is 0 Å². The Morgan fingerprint density at radius 1 is 1.32 bits per heavy atom. The van der Waals surface area contributed by atoms with Gasteiger partial charge in [0.1, 0.15) is 5.75 Å². The fraction of sp³-hybridized carbons (Fsp3) is 0.400. The zero-order chi connectivity index (χ0) is 13.1. The third kappa shape index (κ3) is 2.43. The number of para-hydroxylation sites is 1. The minimum atomic E-state index is 0.754. The van der Waals surface area contributed by atoms with Crippen LogP contribution in [0.25, 0.3) is 0 Å². The lowest BCUT2D eigenvalue weighted by atomic mass is 10.0. The Morgan fingerprint density at radius 3 is 3.11 bits per heavy atom. The van der Waals surface area contributed by atoms with Crippen LogP contribution in [0.15, 0.2) is 28.8 Å². The molecule has 1 aliphatic rings. The van der Waals surface area contributed by atoms with E-state index in [2.05, 4.69) is 16.5 Å². The molecule has 1 aromatic heterocycles. The standard InChI is InChI=1S/C15H18N2O2/c1-18-14-8-3-2-6-11(14)10-13-12-7-4-5-9-16-15(12)19-17-13/h2-3,6,8,16H,4-5,7,9-10H2,1H3. The highest BCUT2D eigenvalue weighted by molar-refractivity contribution is 5.47. The average Bonchev–Trinajstić information content (AvgIpc) is 2.68. The lowest BCUT2D eigenvalue weighted by Gasteiger charge is -2.07. The second-order valence-electron chi connectivity index (χ2n) is 4.81. The summed E-state index contributed by atoms with van der Waals surface area (Å²) in [7, 11) is 1.70. The molecular weight excluding hydrogens is 240 g/mol. The summed E-state index contributed by atoms with van der Waals surface area (Å²) in [4.78, 5) is 0. The molecule has 2 aromatic rings. The van der Waals surface area contributed by atoms with E-state index >= 15 is 0 Å². The molecule has 0 bridgehead atoms. The van der Waals surface area contributed by atoms with Gasteiger partial charge in [0.2, 0.25) is 5.88 Å². The predicted molar refractivity (Wildman–Crippen MR) is 73.7 cm³/mol. The van der Waals surface area contributed by atoms with Crippen LogP contribution in [0.2, 0.25) is 0 Å². The molecule has 2 heterocycles. The number of ether oxygens (including phenoxy) is 1. The Labute approximate surface area is 112 Å². The maximum atomic E-state index is 5.41. The summed E-state index contributed by atoms with van der Waals surface area (Å²) in [5, 5.41) is 7.52. The number of benzene rings is 1. The van der Waals surface area contributed by atoms with Gasteiger partial charge in [0.05, 0.1) is 12.8 Å². The van der Waals surface area contributed by atoms with Crippen molar-refractivity contribution in [3.05, 3.63) is 41.1 Å². The molecule has 0 atom stereocenters. The van der Waals surface area contributed by atoms with Crippen LogP contribution in [-0.2, 0) is 12.8 Å². The summed E-state index contributed by atoms with van der Waals surface area (Å²) in [5.41, 5.74) is 3.39. The smallest absolute Gasteiger partial charge is 0.228 e. The lowest BCUT2D eigenvalue weighted by molar-refractivity contribution is 0.408. The van der Waals surface area contributed by atoms with Crippen LogP contribution < -0.4 is 10.1 Å². The van der Waals surface area contributed by atoms with Crippen molar-refractivity contribution in [2.45, 2.75) is 25.7 Å². The van der Waals surface area contributed by atoms with Gasteiger partial charge in [-0.25, -0.2) is 0 Å². The first-order chi connectivity index (χ1) is 9.38. The van der Waals surface area contributed by atoms with E-state index in [9.17, 15) is 0 Å². The maximum absolute atomic E-state index is 5.41. The van der Waals surface area contributed by atoms with Crippen LogP contribution in [0.1, 0.15) is 29.7 Å². The Hall–Kier alpha value is -1.97. The third-order valence-electron chi connectivity index (χ3n) is 3.56. The summed E-state index contributed by atoms with van der Waals surface area (Å²) in [6.07, 6.45) is 4.15. The molecule has 1 aromatic carbocycles. The van der Waals surface area contributed by atoms with Crippen molar-refractivity contribution in [2.75, 3.05) is 19.0 Å². The van der Waals surface area contributed by atoms with Crippen molar-refractivity contribution >= 4 is 5.88 Å². The first-order valence-electron chi connectivity index (χ1n) is 6.71. The number of rotatable bonds is 3. The van der Waals surface area contributed by atoms with Crippen molar-refractivity contribution in [3.63, 3.8) is 0 Å². The normalized spacial score (nSPS) is 14.4. The van der Waals surface area contributed by atoms with E-state index in [1.807, 2.05) is 18.2 Å². The molecule has 4 heteroatoms. The van der Waals surface area contributed by atoms with Crippen molar-refractivity contribution in [3.8, 4) is 5.75 Å². The molecule has 0 spiro atoms. The number of methoxy groups -OCH3 is 1. The van der Waals surface area contributed by atoms with E-state index in [-0.39, 0.29) is 0 Å². The van der Waals surface area contributed by atoms with E-state index < -0.39 is 0 Å². The van der Waals surface area contributed by atoms with Crippen molar-refractivity contribution in [1.82, 2.24) is 5.16 Å². The highest BCUT2D eigenvalue weighted by atomic mass is 16.5. The van der Waals surface area contributed by atoms with E-state index in [4.69, 9.17) is 9.26 Å². The van der Waals surface area contributed by atoms with Gasteiger partial charge in [0, 0.05) is 24.1 Å². The van der Waals surface area contributed by atoms with Gasteiger partial charge < -0.3 is 14.6 Å². The summed E-state index contributed by atoms with van der Waals surface area (Å²) in [5.74, 6) is 1.75. The molecule has 3 rings (SSSR count). The Kier molecular flexibility index (Phi) is 3.40. The second-order valence-corrected chi connectivity index (χ2v) is 4.81. The number of fused-ring (bicyclic) bond motifs is 1. The number of hydrogen-bond donors (Lipinski definition) is 1. The molecular formula is C15H18N2O2. The monoisotopic (exact) mass is 258 g/mol. The fourth-order valence-corrected chi connectivity index (χ4v) is 2.54. The molecule has 1 aliphatic heterocycles. The number of nitrogens with one attached hydrogen (secondary N) is 1. The molecule has 0 saturated heterocycles. The molecule has 4 nitrogen and oxygen atoms in total. The van der Waals surface area contributed by atoms with Crippen molar-refractivity contribution < 1.29 is 9.26 Å². The van der Waals surface area contributed by atoms with Gasteiger partial charge in [-0.15, -0.1) is 0 Å². The van der Waals surface area contributed by atoms with Crippen molar-refractivity contribution in [2.24, 2.45) is 0 Å². The predicted octanol–water partition coefficient (Wildman–Crippen LogP) is 3.02. The number of hydrogen-bond acceptors (Lipinski definition) is 4. The highest BCUT2D eigenvalue weighted by Gasteiger charge is 2.18. The molecule has 0 aliphatic carbocycles. The molecule has 0 saturated carbocycles. The zero-order valence-corrected chi connectivity index (χ0v) is 11.1. The molecule has 0 fully saturated rings. The molecule has 0 radical (unpaired) electrons. The van der Waals surface area contributed by atoms with Crippen LogP contribution in [0.5, 0.6) is 5.75 Å². The summed E-state index contributed by atoms with van der Waals surface area (Å²) >= 11 is 0. The largest absolute Gasteiger partial charge is 0.496 e. The van der Waals surface area contributed by atoms with Crippen LogP contribution in [0, 0.1) is 0 Å². The van der Waals surface area contributed by atoms with Gasteiger partial charge in [-0.05, 0) is 25.3 Å². The quantitative estimate of drug-likeness (QED) is 0.919. The summed E-state index contributed by atoms with van der Waals surface area (Å²) < 4.78 is 10.8. The van der Waals surface area contributed by atoms with Crippen LogP contribution in [0.3, 0.4) is 0 Å². The Balaban J connectivity index is 1.89. The summed E-state index contributed by atoms with van der Waals surface area (Å²) in [6, 6.07) is 8.05. The van der Waals surface area contributed by atoms with Gasteiger partial charge in [-0.1, -0.05) is 23.4 Å². The van der Waals surface area contributed by atoms with Crippen LogP contribution in [-0.4, -0.2) is 18.8 Å². The molecule has 1 N–H and O–H groups in total. The van der Waals surface area contributed by atoms with Crippen molar-refractivity contribution in [1.29, 1.82) is 0 Å². The third-order valence-corrected chi connectivity index (χ3v) is 3.56. The van der Waals surface area contributed by atoms with E-state index in [0.717, 1.165) is 42.3 Å². The first kappa shape index (κ1) is 12.1. The van der Waals surface area contributed by atoms with Gasteiger partial charge in [-0.3, -0.25) is 0 Å². The average molecular weight is 258 g/mol. The number of anilines is 1. The van der Waals surface area contributed by atoms with E-state index in [1.54, 1.807) is 7.11 Å². The number of nitrogens with zero attached hydrogens (tertiary/aromatic N) is 1. The van der Waals surface area contributed by atoms with Gasteiger partial charge in [0.25, 0.3) is 0 Å². The Bertz CT molecular complexity index is 563. The zero-order valence-electron chi connectivity index (χ0n) is 11.1. The molecule has 0 unspecified atom stereocenters. The fourth-order valence-electron chi connectivity index (χ4n) is 2.54. The van der Waals surface area contributed by atoms with E-state index in [0.29, 0.717) is 0 Å². The van der Waals surface area contributed by atoms with E-state index in [1.165, 1.54) is 18.4 Å². The van der Waals surface area contributed by atoms with Gasteiger partial charge >= 0.3 is 0 Å². The lowest BCUT2D eigenvalue weighted by Crippen LogP contribution is -1.98.